The van der Waals surface area contributed by atoms with E-state index < -0.39 is 0 Å². The molecule has 0 spiro atoms. The summed E-state index contributed by atoms with van der Waals surface area (Å²) >= 11 is 0. The molecule has 104 valence electrons. The van der Waals surface area contributed by atoms with Crippen LogP contribution in [0.1, 0.15) is 57.0 Å². The van der Waals surface area contributed by atoms with Crippen LogP contribution in [0.5, 0.6) is 0 Å². The highest BCUT2D eigenvalue weighted by Gasteiger charge is 2.20. The highest BCUT2D eigenvalue weighted by molar-refractivity contribution is 5.78. The Kier molecular flexibility index (Phi) is 3.48. The van der Waals surface area contributed by atoms with Crippen LogP contribution in [0.15, 0.2) is 18.2 Å². The monoisotopic (exact) mass is 267 g/mol. The molecule has 0 radical (unpaired) electrons. The molecule has 0 amide bonds. The lowest BCUT2D eigenvalue weighted by atomic mass is 10.0. The molecule has 3 heteroatoms. The lowest BCUT2D eigenvalue weighted by Gasteiger charge is -2.15. The van der Waals surface area contributed by atoms with E-state index in [9.17, 15) is 0 Å². The first-order valence-electron chi connectivity index (χ1n) is 7.60. The van der Waals surface area contributed by atoms with Crippen molar-refractivity contribution in [3.8, 4) is 6.07 Å². The molecule has 1 saturated carbocycles. The van der Waals surface area contributed by atoms with E-state index in [1.54, 1.807) is 0 Å². The molecule has 0 bridgehead atoms. The zero-order valence-corrected chi connectivity index (χ0v) is 12.3. The van der Waals surface area contributed by atoms with Gasteiger partial charge in [-0.25, -0.2) is 4.98 Å². The van der Waals surface area contributed by atoms with Crippen LogP contribution in [0.4, 0.5) is 0 Å². The Bertz CT molecular complexity index is 655. The summed E-state index contributed by atoms with van der Waals surface area (Å²) < 4.78 is 2.34. The Balaban J connectivity index is 2.05. The molecule has 20 heavy (non-hydrogen) atoms. The number of aromatic nitrogens is 2. The first-order chi connectivity index (χ1) is 9.69. The summed E-state index contributed by atoms with van der Waals surface area (Å²) in [5.74, 6) is 1.98. The van der Waals surface area contributed by atoms with Crippen LogP contribution in [0, 0.1) is 17.2 Å². The lowest BCUT2D eigenvalue weighted by Crippen LogP contribution is -2.10. The molecule has 1 aliphatic rings. The minimum Gasteiger partial charge on any atom is -0.325 e. The molecule has 1 aromatic heterocycles. The maximum Gasteiger partial charge on any atom is 0.110 e. The normalized spacial score (nSPS) is 16.1. The third-order valence-corrected chi connectivity index (χ3v) is 4.35. The SMILES string of the molecule is CC(C)n1c(CC2CCCC2)nc2cc(C#N)ccc21. The van der Waals surface area contributed by atoms with Gasteiger partial charge in [0.25, 0.3) is 0 Å². The number of nitrogens with zero attached hydrogens (tertiary/aromatic N) is 3. The summed E-state index contributed by atoms with van der Waals surface area (Å²) in [5.41, 5.74) is 2.82. The molecule has 3 nitrogen and oxygen atoms in total. The second-order valence-corrected chi connectivity index (χ2v) is 6.16. The number of rotatable bonds is 3. The van der Waals surface area contributed by atoms with Crippen molar-refractivity contribution in [1.29, 1.82) is 5.26 Å². The van der Waals surface area contributed by atoms with E-state index in [0.717, 1.165) is 23.4 Å². The summed E-state index contributed by atoms with van der Waals surface area (Å²) in [6.45, 7) is 4.41. The van der Waals surface area contributed by atoms with E-state index in [4.69, 9.17) is 10.2 Å². The molecule has 1 aliphatic carbocycles. The largest absolute Gasteiger partial charge is 0.325 e. The number of benzene rings is 1. The number of imidazole rings is 1. The summed E-state index contributed by atoms with van der Waals surface area (Å²) in [7, 11) is 0. The van der Waals surface area contributed by atoms with E-state index in [-0.39, 0.29) is 0 Å². The smallest absolute Gasteiger partial charge is 0.110 e. The maximum atomic E-state index is 9.03. The first-order valence-corrected chi connectivity index (χ1v) is 7.60. The highest BCUT2D eigenvalue weighted by Crippen LogP contribution is 2.30. The van der Waals surface area contributed by atoms with Crippen molar-refractivity contribution in [2.24, 2.45) is 5.92 Å². The Labute approximate surface area is 120 Å². The molecule has 1 fully saturated rings. The van der Waals surface area contributed by atoms with E-state index in [1.807, 2.05) is 18.2 Å². The van der Waals surface area contributed by atoms with Crippen LogP contribution >= 0.6 is 0 Å². The highest BCUT2D eigenvalue weighted by atomic mass is 15.1. The fourth-order valence-corrected chi connectivity index (χ4v) is 3.41. The Morgan fingerprint density at radius 2 is 2.10 bits per heavy atom. The van der Waals surface area contributed by atoms with Gasteiger partial charge in [-0.2, -0.15) is 5.26 Å². The fourth-order valence-electron chi connectivity index (χ4n) is 3.41. The van der Waals surface area contributed by atoms with Gasteiger partial charge in [0.15, 0.2) is 0 Å². The molecule has 1 aromatic carbocycles. The number of fused-ring (bicyclic) bond motifs is 1. The predicted octanol–water partition coefficient (Wildman–Crippen LogP) is 4.22. The molecule has 0 unspecified atom stereocenters. The molecule has 0 aliphatic heterocycles. The van der Waals surface area contributed by atoms with Crippen LogP contribution in [0.25, 0.3) is 11.0 Å². The third kappa shape index (κ3) is 2.31. The summed E-state index contributed by atoms with van der Waals surface area (Å²) in [6.07, 6.45) is 6.49. The lowest BCUT2D eigenvalue weighted by molar-refractivity contribution is 0.495. The van der Waals surface area contributed by atoms with Gasteiger partial charge in [0, 0.05) is 12.5 Å². The quantitative estimate of drug-likeness (QED) is 0.835. The van der Waals surface area contributed by atoms with Crippen molar-refractivity contribution in [2.45, 2.75) is 52.0 Å². The summed E-state index contributed by atoms with van der Waals surface area (Å²) in [5, 5.41) is 9.03. The number of hydrogen-bond acceptors (Lipinski definition) is 2. The molecule has 0 atom stereocenters. The summed E-state index contributed by atoms with van der Waals surface area (Å²) in [6, 6.07) is 8.45. The van der Waals surface area contributed by atoms with E-state index in [2.05, 4.69) is 24.5 Å². The molecule has 1 heterocycles. The van der Waals surface area contributed by atoms with Gasteiger partial charge in [-0.3, -0.25) is 0 Å². The van der Waals surface area contributed by atoms with Gasteiger partial charge in [-0.1, -0.05) is 25.7 Å². The van der Waals surface area contributed by atoms with Crippen molar-refractivity contribution < 1.29 is 0 Å². The van der Waals surface area contributed by atoms with Gasteiger partial charge >= 0.3 is 0 Å². The first kappa shape index (κ1) is 13.2. The molecular weight excluding hydrogens is 246 g/mol. The van der Waals surface area contributed by atoms with E-state index >= 15 is 0 Å². The minimum absolute atomic E-state index is 0.407. The topological polar surface area (TPSA) is 41.6 Å². The Morgan fingerprint density at radius 1 is 1.35 bits per heavy atom. The number of nitriles is 1. The average Bonchev–Trinajstić information content (AvgIpc) is 3.04. The third-order valence-electron chi connectivity index (χ3n) is 4.35. The second-order valence-electron chi connectivity index (χ2n) is 6.16. The van der Waals surface area contributed by atoms with Crippen molar-refractivity contribution in [1.82, 2.24) is 9.55 Å². The minimum atomic E-state index is 0.407. The molecule has 0 saturated heterocycles. The molecule has 3 rings (SSSR count). The van der Waals surface area contributed by atoms with Crippen LogP contribution < -0.4 is 0 Å². The molecule has 2 aromatic rings. The van der Waals surface area contributed by atoms with Gasteiger partial charge in [0.05, 0.1) is 22.7 Å². The van der Waals surface area contributed by atoms with E-state index in [1.165, 1.54) is 31.5 Å². The zero-order valence-electron chi connectivity index (χ0n) is 12.3. The van der Waals surface area contributed by atoms with Crippen LogP contribution in [-0.4, -0.2) is 9.55 Å². The van der Waals surface area contributed by atoms with Gasteiger partial charge in [0.1, 0.15) is 5.82 Å². The van der Waals surface area contributed by atoms with Crippen LogP contribution in [0.3, 0.4) is 0 Å². The second kappa shape index (κ2) is 5.28. The average molecular weight is 267 g/mol. The zero-order chi connectivity index (χ0) is 14.1. The van der Waals surface area contributed by atoms with Crippen LogP contribution in [0.2, 0.25) is 0 Å². The van der Waals surface area contributed by atoms with Crippen LogP contribution in [-0.2, 0) is 6.42 Å². The van der Waals surface area contributed by atoms with Gasteiger partial charge < -0.3 is 4.57 Å². The van der Waals surface area contributed by atoms with Crippen molar-refractivity contribution in [3.05, 3.63) is 29.6 Å². The molecular formula is C17H21N3. The van der Waals surface area contributed by atoms with E-state index in [0.29, 0.717) is 11.6 Å². The van der Waals surface area contributed by atoms with Gasteiger partial charge in [-0.15, -0.1) is 0 Å². The Hall–Kier alpha value is -1.82. The maximum absolute atomic E-state index is 9.03. The van der Waals surface area contributed by atoms with Crippen molar-refractivity contribution in [3.63, 3.8) is 0 Å². The Morgan fingerprint density at radius 3 is 2.75 bits per heavy atom. The fraction of sp³-hybridized carbons (Fsp3) is 0.529. The molecule has 0 N–H and O–H groups in total. The number of hydrogen-bond donors (Lipinski definition) is 0. The standard InChI is InChI=1S/C17H21N3/c1-12(2)20-16-8-7-14(11-18)9-15(16)19-17(20)10-13-5-3-4-6-13/h7-9,12-13H,3-6,10H2,1-2H3. The van der Waals surface area contributed by atoms with Gasteiger partial charge in [-0.05, 0) is 38.0 Å². The van der Waals surface area contributed by atoms with Gasteiger partial charge in [0.2, 0.25) is 0 Å². The predicted molar refractivity (Wildman–Crippen MR) is 80.5 cm³/mol. The van der Waals surface area contributed by atoms with Crippen molar-refractivity contribution >= 4 is 11.0 Å². The summed E-state index contributed by atoms with van der Waals surface area (Å²) in [4.78, 5) is 4.82. The van der Waals surface area contributed by atoms with Crippen molar-refractivity contribution in [2.75, 3.05) is 0 Å².